The summed E-state index contributed by atoms with van der Waals surface area (Å²) in [6, 6.07) is 14.5. The lowest BCUT2D eigenvalue weighted by molar-refractivity contribution is -0.132. The number of rotatable bonds is 5. The summed E-state index contributed by atoms with van der Waals surface area (Å²) in [5.41, 5.74) is 2.27. The molecular weight excluding hydrogens is 320 g/mol. The average molecular weight is 340 g/mol. The van der Waals surface area contributed by atoms with Crippen molar-refractivity contribution in [1.82, 2.24) is 5.32 Å². The van der Waals surface area contributed by atoms with E-state index in [0.29, 0.717) is 11.4 Å². The molecule has 2 atom stereocenters. The fourth-order valence-electron chi connectivity index (χ4n) is 2.76. The molecule has 25 heavy (non-hydrogen) atoms. The van der Waals surface area contributed by atoms with Crippen molar-refractivity contribution < 1.29 is 19.1 Å². The normalized spacial score (nSPS) is 15.4. The highest BCUT2D eigenvalue weighted by Gasteiger charge is 2.23. The number of benzene rings is 2. The zero-order valence-corrected chi connectivity index (χ0v) is 14.1. The van der Waals surface area contributed by atoms with E-state index >= 15 is 0 Å². The van der Waals surface area contributed by atoms with E-state index in [-0.39, 0.29) is 24.5 Å². The molecule has 0 bridgehead atoms. The van der Waals surface area contributed by atoms with Gasteiger partial charge >= 0.3 is 0 Å². The van der Waals surface area contributed by atoms with Crippen molar-refractivity contribution in [3.63, 3.8) is 0 Å². The van der Waals surface area contributed by atoms with Crippen LogP contribution in [0.4, 0.5) is 5.69 Å². The number of hydrogen-bond acceptors (Lipinski definition) is 4. The number of ether oxygens (including phenoxy) is 2. The lowest BCUT2D eigenvalue weighted by Gasteiger charge is -2.22. The van der Waals surface area contributed by atoms with Gasteiger partial charge in [-0.2, -0.15) is 0 Å². The Labute approximate surface area is 146 Å². The lowest BCUT2D eigenvalue weighted by Crippen LogP contribution is -2.32. The molecule has 0 radical (unpaired) electrons. The van der Waals surface area contributed by atoms with Gasteiger partial charge in [0.25, 0.3) is 11.8 Å². The topological polar surface area (TPSA) is 76.7 Å². The lowest BCUT2D eigenvalue weighted by atomic mass is 10.0. The van der Waals surface area contributed by atoms with Crippen LogP contribution in [-0.2, 0) is 14.3 Å². The molecule has 2 amide bonds. The van der Waals surface area contributed by atoms with Crippen molar-refractivity contribution in [2.75, 3.05) is 19.0 Å². The number of nitrogens with one attached hydrogen (secondary N) is 2. The van der Waals surface area contributed by atoms with E-state index in [1.54, 1.807) is 6.07 Å². The summed E-state index contributed by atoms with van der Waals surface area (Å²) in [4.78, 5) is 24.0. The van der Waals surface area contributed by atoms with Crippen molar-refractivity contribution in [2.24, 2.45) is 0 Å². The number of amides is 2. The second-order valence-electron chi connectivity index (χ2n) is 5.85. The summed E-state index contributed by atoms with van der Waals surface area (Å²) in [5, 5.41) is 5.71. The van der Waals surface area contributed by atoms with Gasteiger partial charge in [0.1, 0.15) is 5.75 Å². The highest BCUT2D eigenvalue weighted by Crippen LogP contribution is 2.30. The number of carbonyl (C=O) groups excluding carboxylic acids is 2. The van der Waals surface area contributed by atoms with Crippen molar-refractivity contribution in [3.05, 3.63) is 59.7 Å². The van der Waals surface area contributed by atoms with Gasteiger partial charge in [-0.3, -0.25) is 9.59 Å². The second kappa shape index (κ2) is 7.36. The molecule has 0 fully saturated rings. The minimum absolute atomic E-state index is 0.0191. The predicted octanol–water partition coefficient (Wildman–Crippen LogP) is 2.58. The highest BCUT2D eigenvalue weighted by molar-refractivity contribution is 5.95. The van der Waals surface area contributed by atoms with Crippen LogP contribution in [0.2, 0.25) is 0 Å². The van der Waals surface area contributed by atoms with Crippen LogP contribution in [0.5, 0.6) is 5.75 Å². The van der Waals surface area contributed by atoms with Crippen LogP contribution in [0.15, 0.2) is 48.5 Å². The molecule has 0 unspecified atom stereocenters. The predicted molar refractivity (Wildman–Crippen MR) is 93.3 cm³/mol. The monoisotopic (exact) mass is 340 g/mol. The largest absolute Gasteiger partial charge is 0.482 e. The van der Waals surface area contributed by atoms with E-state index < -0.39 is 6.10 Å². The summed E-state index contributed by atoms with van der Waals surface area (Å²) in [7, 11) is 1.51. The number of carbonyl (C=O) groups is 2. The first-order chi connectivity index (χ1) is 12.1. The third-order valence-corrected chi connectivity index (χ3v) is 4.07. The van der Waals surface area contributed by atoms with Crippen LogP contribution in [0.3, 0.4) is 0 Å². The van der Waals surface area contributed by atoms with Crippen LogP contribution in [0.1, 0.15) is 30.2 Å². The molecule has 2 aromatic carbocycles. The maximum absolute atomic E-state index is 12.6. The van der Waals surface area contributed by atoms with E-state index in [2.05, 4.69) is 10.6 Å². The smallest absolute Gasteiger partial charge is 0.262 e. The fourth-order valence-corrected chi connectivity index (χ4v) is 2.76. The fraction of sp³-hybridized carbons (Fsp3) is 0.263. The van der Waals surface area contributed by atoms with Crippen LogP contribution in [-0.4, -0.2) is 25.5 Å². The maximum Gasteiger partial charge on any atom is 0.262 e. The summed E-state index contributed by atoms with van der Waals surface area (Å²) < 4.78 is 10.7. The minimum Gasteiger partial charge on any atom is -0.482 e. The molecular formula is C19H20N2O4. The molecule has 6 heteroatoms. The Morgan fingerprint density at radius 1 is 1.20 bits per heavy atom. The van der Waals surface area contributed by atoms with Crippen LogP contribution in [0, 0.1) is 0 Å². The van der Waals surface area contributed by atoms with Gasteiger partial charge in [-0.05, 0) is 30.2 Å². The van der Waals surface area contributed by atoms with Gasteiger partial charge < -0.3 is 20.1 Å². The SMILES string of the molecule is CO[C@H](C(=O)N[C@H](C)c1ccc2c(c1)NC(=O)CO2)c1ccccc1. The quantitative estimate of drug-likeness (QED) is 0.877. The molecule has 0 spiro atoms. The average Bonchev–Trinajstić information content (AvgIpc) is 2.62. The zero-order valence-electron chi connectivity index (χ0n) is 14.1. The van der Waals surface area contributed by atoms with Gasteiger partial charge in [0.15, 0.2) is 12.7 Å². The van der Waals surface area contributed by atoms with E-state index in [1.165, 1.54) is 7.11 Å². The molecule has 2 aromatic rings. The van der Waals surface area contributed by atoms with Crippen molar-refractivity contribution in [3.8, 4) is 5.75 Å². The van der Waals surface area contributed by atoms with Crippen LogP contribution in [0.25, 0.3) is 0 Å². The minimum atomic E-state index is -0.677. The maximum atomic E-state index is 12.6. The Balaban J connectivity index is 1.73. The Morgan fingerprint density at radius 2 is 1.96 bits per heavy atom. The molecule has 0 aliphatic carbocycles. The van der Waals surface area contributed by atoms with Crippen molar-refractivity contribution in [1.29, 1.82) is 0 Å². The van der Waals surface area contributed by atoms with E-state index in [1.807, 2.05) is 49.4 Å². The first-order valence-electron chi connectivity index (χ1n) is 8.03. The molecule has 1 aliphatic heterocycles. The van der Waals surface area contributed by atoms with E-state index in [9.17, 15) is 9.59 Å². The molecule has 6 nitrogen and oxygen atoms in total. The van der Waals surface area contributed by atoms with Gasteiger partial charge in [-0.25, -0.2) is 0 Å². The number of hydrogen-bond donors (Lipinski definition) is 2. The number of fused-ring (bicyclic) bond motifs is 1. The zero-order chi connectivity index (χ0) is 17.8. The van der Waals surface area contributed by atoms with Gasteiger partial charge in [0.05, 0.1) is 11.7 Å². The standard InChI is InChI=1S/C19H20N2O4/c1-12(14-8-9-16-15(10-14)21-17(22)11-25-16)20-19(23)18(24-2)13-6-4-3-5-7-13/h3-10,12,18H,11H2,1-2H3,(H,20,23)(H,21,22)/t12-,18+/m1/s1. The molecule has 0 aromatic heterocycles. The van der Waals surface area contributed by atoms with Gasteiger partial charge in [-0.1, -0.05) is 36.4 Å². The first kappa shape index (κ1) is 17.0. The van der Waals surface area contributed by atoms with E-state index in [4.69, 9.17) is 9.47 Å². The number of methoxy groups -OCH3 is 1. The van der Waals surface area contributed by atoms with Crippen molar-refractivity contribution in [2.45, 2.75) is 19.1 Å². The Bertz CT molecular complexity index is 776. The molecule has 1 aliphatic rings. The molecule has 1 heterocycles. The van der Waals surface area contributed by atoms with E-state index in [0.717, 1.165) is 11.1 Å². The Morgan fingerprint density at radius 3 is 2.68 bits per heavy atom. The molecule has 130 valence electrons. The molecule has 2 N–H and O–H groups in total. The van der Waals surface area contributed by atoms with Crippen LogP contribution >= 0.6 is 0 Å². The van der Waals surface area contributed by atoms with Gasteiger partial charge in [-0.15, -0.1) is 0 Å². The summed E-state index contributed by atoms with van der Waals surface area (Å²) in [5.74, 6) is 0.213. The second-order valence-corrected chi connectivity index (χ2v) is 5.85. The first-order valence-corrected chi connectivity index (χ1v) is 8.03. The highest BCUT2D eigenvalue weighted by atomic mass is 16.5. The Kier molecular flexibility index (Phi) is 5.00. The third kappa shape index (κ3) is 3.80. The van der Waals surface area contributed by atoms with Gasteiger partial charge in [0.2, 0.25) is 0 Å². The number of anilines is 1. The summed E-state index contributed by atoms with van der Waals surface area (Å²) in [6.45, 7) is 1.90. The van der Waals surface area contributed by atoms with Crippen LogP contribution < -0.4 is 15.4 Å². The summed E-state index contributed by atoms with van der Waals surface area (Å²) >= 11 is 0. The molecule has 0 saturated heterocycles. The molecule has 0 saturated carbocycles. The molecule has 3 rings (SSSR count). The Hall–Kier alpha value is -2.86. The van der Waals surface area contributed by atoms with Crippen molar-refractivity contribution >= 4 is 17.5 Å². The third-order valence-electron chi connectivity index (χ3n) is 4.07. The summed E-state index contributed by atoms with van der Waals surface area (Å²) in [6.07, 6.45) is -0.677. The van der Waals surface area contributed by atoms with Gasteiger partial charge in [0, 0.05) is 7.11 Å².